The van der Waals surface area contributed by atoms with E-state index in [0.29, 0.717) is 0 Å². The number of carboxylic acids is 1. The molecule has 2 aromatic rings. The fourth-order valence-corrected chi connectivity index (χ4v) is 3.50. The number of nitrogens with one attached hydrogen (secondary N) is 2. The van der Waals surface area contributed by atoms with Gasteiger partial charge in [-0.15, -0.1) is 0 Å². The standard InChI is InChI=1S/C23H26N2O6/c1-22(2,19(26)24-13-23(3,30)20(27)28)25-21(29)31-12-18-16-10-6-4-8-14(16)15-9-5-7-11-17(15)18/h4-11,18,30H,12-13H2,1-3H3,(H,24,26)(H,25,29)(H,27,28). The van der Waals surface area contributed by atoms with E-state index in [4.69, 9.17) is 9.84 Å². The van der Waals surface area contributed by atoms with Gasteiger partial charge < -0.3 is 25.6 Å². The van der Waals surface area contributed by atoms with Crippen molar-refractivity contribution in [2.75, 3.05) is 13.2 Å². The van der Waals surface area contributed by atoms with E-state index in [9.17, 15) is 19.5 Å². The summed E-state index contributed by atoms with van der Waals surface area (Å²) < 4.78 is 5.44. The summed E-state index contributed by atoms with van der Waals surface area (Å²) in [6.07, 6.45) is -0.771. The second-order valence-corrected chi connectivity index (χ2v) is 8.34. The van der Waals surface area contributed by atoms with Crippen molar-refractivity contribution in [2.45, 2.75) is 37.8 Å². The smallest absolute Gasteiger partial charge is 0.408 e. The van der Waals surface area contributed by atoms with Crippen molar-refractivity contribution in [1.82, 2.24) is 10.6 Å². The number of carboxylic acid groups (broad SMARTS) is 1. The van der Waals surface area contributed by atoms with E-state index in [1.807, 2.05) is 48.5 Å². The van der Waals surface area contributed by atoms with Crippen LogP contribution in [-0.4, -0.2) is 52.5 Å². The molecule has 0 bridgehead atoms. The Bertz CT molecular complexity index is 969. The van der Waals surface area contributed by atoms with Crippen molar-refractivity contribution in [3.63, 3.8) is 0 Å². The third-order valence-corrected chi connectivity index (χ3v) is 5.38. The van der Waals surface area contributed by atoms with Gasteiger partial charge in [-0.25, -0.2) is 9.59 Å². The van der Waals surface area contributed by atoms with Gasteiger partial charge in [0, 0.05) is 5.92 Å². The lowest BCUT2D eigenvalue weighted by Gasteiger charge is -2.27. The van der Waals surface area contributed by atoms with Crippen LogP contribution in [0.4, 0.5) is 4.79 Å². The fraction of sp³-hybridized carbons (Fsp3) is 0.348. The van der Waals surface area contributed by atoms with Crippen molar-refractivity contribution in [2.24, 2.45) is 0 Å². The molecule has 0 aromatic heterocycles. The normalized spacial score (nSPS) is 14.7. The van der Waals surface area contributed by atoms with Gasteiger partial charge in [0.1, 0.15) is 12.1 Å². The first-order chi connectivity index (χ1) is 14.5. The van der Waals surface area contributed by atoms with Gasteiger partial charge in [0.25, 0.3) is 0 Å². The molecule has 2 aromatic carbocycles. The van der Waals surface area contributed by atoms with E-state index < -0.39 is 35.7 Å². The molecule has 0 heterocycles. The predicted molar refractivity (Wildman–Crippen MR) is 114 cm³/mol. The predicted octanol–water partition coefficient (Wildman–Crippen LogP) is 2.26. The van der Waals surface area contributed by atoms with Crippen molar-refractivity contribution < 1.29 is 29.3 Å². The number of carbonyl (C=O) groups excluding carboxylic acids is 2. The molecule has 1 atom stereocenters. The monoisotopic (exact) mass is 426 g/mol. The lowest BCUT2D eigenvalue weighted by Crippen LogP contribution is -2.57. The Morgan fingerprint density at radius 1 is 0.968 bits per heavy atom. The zero-order chi connectivity index (χ0) is 22.8. The highest BCUT2D eigenvalue weighted by molar-refractivity contribution is 5.90. The molecule has 31 heavy (non-hydrogen) atoms. The Morgan fingerprint density at radius 3 is 2.00 bits per heavy atom. The van der Waals surface area contributed by atoms with Gasteiger partial charge in [0.15, 0.2) is 5.60 Å². The largest absolute Gasteiger partial charge is 0.479 e. The Kier molecular flexibility index (Phi) is 6.03. The number of aliphatic carboxylic acids is 1. The molecular formula is C23H26N2O6. The van der Waals surface area contributed by atoms with Crippen LogP contribution in [0.25, 0.3) is 11.1 Å². The van der Waals surface area contributed by atoms with E-state index >= 15 is 0 Å². The molecule has 3 rings (SSSR count). The minimum atomic E-state index is -2.12. The Labute approximate surface area is 180 Å². The summed E-state index contributed by atoms with van der Waals surface area (Å²) in [7, 11) is 0. The number of alkyl carbamates (subject to hydrolysis) is 1. The van der Waals surface area contributed by atoms with Crippen molar-refractivity contribution in [1.29, 1.82) is 0 Å². The molecule has 0 radical (unpaired) electrons. The molecule has 0 fully saturated rings. The average molecular weight is 426 g/mol. The van der Waals surface area contributed by atoms with E-state index in [1.165, 1.54) is 13.8 Å². The maximum Gasteiger partial charge on any atom is 0.408 e. The molecule has 0 aliphatic heterocycles. The number of hydrogen-bond donors (Lipinski definition) is 4. The maximum atomic E-state index is 12.4. The molecule has 8 nitrogen and oxygen atoms in total. The van der Waals surface area contributed by atoms with Crippen LogP contribution >= 0.6 is 0 Å². The minimum absolute atomic E-state index is 0.102. The SMILES string of the molecule is CC(O)(CNC(=O)C(C)(C)NC(=O)OCC1c2ccccc2-c2ccccc21)C(=O)O. The molecule has 1 aliphatic carbocycles. The lowest BCUT2D eigenvalue weighted by molar-refractivity contribution is -0.156. The number of ether oxygens (including phenoxy) is 1. The van der Waals surface area contributed by atoms with Gasteiger partial charge in [0.2, 0.25) is 5.91 Å². The molecular weight excluding hydrogens is 400 g/mol. The number of rotatable bonds is 7. The van der Waals surface area contributed by atoms with Crippen LogP contribution < -0.4 is 10.6 Å². The van der Waals surface area contributed by atoms with Crippen LogP contribution in [0.1, 0.15) is 37.8 Å². The summed E-state index contributed by atoms with van der Waals surface area (Å²) in [6.45, 7) is 3.59. The quantitative estimate of drug-likeness (QED) is 0.538. The highest BCUT2D eigenvalue weighted by atomic mass is 16.5. The van der Waals surface area contributed by atoms with Crippen LogP contribution in [0.15, 0.2) is 48.5 Å². The minimum Gasteiger partial charge on any atom is -0.479 e. The van der Waals surface area contributed by atoms with Gasteiger partial charge in [-0.2, -0.15) is 0 Å². The van der Waals surface area contributed by atoms with Crippen LogP contribution in [-0.2, 0) is 14.3 Å². The first-order valence-electron chi connectivity index (χ1n) is 9.90. The molecule has 1 aliphatic rings. The summed E-state index contributed by atoms with van der Waals surface area (Å²) in [6, 6.07) is 15.9. The molecule has 0 spiro atoms. The van der Waals surface area contributed by atoms with E-state index in [1.54, 1.807) is 0 Å². The summed E-state index contributed by atoms with van der Waals surface area (Å²) >= 11 is 0. The van der Waals surface area contributed by atoms with Crippen molar-refractivity contribution >= 4 is 18.0 Å². The number of amides is 2. The first-order valence-corrected chi connectivity index (χ1v) is 9.90. The van der Waals surface area contributed by atoms with Crippen molar-refractivity contribution in [3.05, 3.63) is 59.7 Å². The molecule has 2 amide bonds. The molecule has 1 unspecified atom stereocenters. The van der Waals surface area contributed by atoms with Crippen LogP contribution in [0.5, 0.6) is 0 Å². The Morgan fingerprint density at radius 2 is 1.48 bits per heavy atom. The van der Waals surface area contributed by atoms with Crippen LogP contribution in [0.3, 0.4) is 0 Å². The van der Waals surface area contributed by atoms with Crippen molar-refractivity contribution in [3.8, 4) is 11.1 Å². The van der Waals surface area contributed by atoms with E-state index in [2.05, 4.69) is 10.6 Å². The molecule has 0 saturated heterocycles. The third-order valence-electron chi connectivity index (χ3n) is 5.38. The fourth-order valence-electron chi connectivity index (χ4n) is 3.50. The average Bonchev–Trinajstić information content (AvgIpc) is 3.04. The Hall–Kier alpha value is -3.39. The number of fused-ring (bicyclic) bond motifs is 3. The van der Waals surface area contributed by atoms with Gasteiger partial charge in [-0.1, -0.05) is 48.5 Å². The van der Waals surface area contributed by atoms with Gasteiger partial charge >= 0.3 is 12.1 Å². The van der Waals surface area contributed by atoms with Gasteiger partial charge in [-0.05, 0) is 43.0 Å². The second kappa shape index (κ2) is 8.39. The van der Waals surface area contributed by atoms with Crippen LogP contribution in [0, 0.1) is 0 Å². The molecule has 164 valence electrons. The van der Waals surface area contributed by atoms with E-state index in [-0.39, 0.29) is 12.5 Å². The van der Waals surface area contributed by atoms with Gasteiger partial charge in [-0.3, -0.25) is 4.79 Å². The number of aliphatic hydroxyl groups is 1. The maximum absolute atomic E-state index is 12.4. The van der Waals surface area contributed by atoms with Crippen LogP contribution in [0.2, 0.25) is 0 Å². The first kappa shape index (κ1) is 22.3. The highest BCUT2D eigenvalue weighted by Crippen LogP contribution is 2.44. The summed E-state index contributed by atoms with van der Waals surface area (Å²) in [5.41, 5.74) is 0.871. The summed E-state index contributed by atoms with van der Waals surface area (Å²) in [5.74, 6) is -2.22. The summed E-state index contributed by atoms with van der Waals surface area (Å²) in [4.78, 5) is 35.7. The number of carbonyl (C=O) groups is 3. The highest BCUT2D eigenvalue weighted by Gasteiger charge is 2.35. The third kappa shape index (κ3) is 4.69. The van der Waals surface area contributed by atoms with E-state index in [0.717, 1.165) is 29.2 Å². The molecule has 0 saturated carbocycles. The topological polar surface area (TPSA) is 125 Å². The molecule has 8 heteroatoms. The molecule has 4 N–H and O–H groups in total. The Balaban J connectivity index is 1.61. The number of hydrogen-bond acceptors (Lipinski definition) is 5. The lowest BCUT2D eigenvalue weighted by atomic mass is 9.98. The second-order valence-electron chi connectivity index (χ2n) is 8.34. The zero-order valence-electron chi connectivity index (χ0n) is 17.6. The zero-order valence-corrected chi connectivity index (χ0v) is 17.6. The summed E-state index contributed by atoms with van der Waals surface area (Å²) in [5, 5.41) is 23.5. The van der Waals surface area contributed by atoms with Gasteiger partial charge in [0.05, 0.1) is 6.54 Å². The number of benzene rings is 2.